The van der Waals surface area contributed by atoms with E-state index < -0.39 is 27.2 Å². The SMILES string of the molecule is COc1cc(CN2C[C@@H]3CN(S(C)(=O)=O)C[C@]3(C(=O)O)C2)ccc1F. The van der Waals surface area contributed by atoms with Crippen LogP contribution in [0.1, 0.15) is 5.56 Å². The Balaban J connectivity index is 1.78. The molecule has 2 aliphatic heterocycles. The summed E-state index contributed by atoms with van der Waals surface area (Å²) in [5, 5.41) is 9.74. The topological polar surface area (TPSA) is 87.2 Å². The highest BCUT2D eigenvalue weighted by Crippen LogP contribution is 2.44. The molecule has 0 radical (unpaired) electrons. The first-order valence-electron chi connectivity index (χ1n) is 7.89. The van der Waals surface area contributed by atoms with Crippen LogP contribution in [0.15, 0.2) is 18.2 Å². The molecule has 2 atom stereocenters. The van der Waals surface area contributed by atoms with Gasteiger partial charge in [-0.2, -0.15) is 0 Å². The van der Waals surface area contributed by atoms with Crippen LogP contribution in [-0.4, -0.2) is 68.2 Å². The van der Waals surface area contributed by atoms with Crippen molar-refractivity contribution in [1.82, 2.24) is 9.21 Å². The molecule has 2 fully saturated rings. The molecule has 2 saturated heterocycles. The van der Waals surface area contributed by atoms with Gasteiger partial charge < -0.3 is 9.84 Å². The van der Waals surface area contributed by atoms with Gasteiger partial charge in [0.25, 0.3) is 0 Å². The average molecular weight is 372 g/mol. The lowest BCUT2D eigenvalue weighted by Gasteiger charge is -2.24. The number of methoxy groups -OCH3 is 1. The Bertz CT molecular complexity index is 800. The number of nitrogens with zero attached hydrogens (tertiary/aromatic N) is 2. The van der Waals surface area contributed by atoms with E-state index in [1.54, 1.807) is 12.1 Å². The number of fused-ring (bicyclic) bond motifs is 1. The maximum atomic E-state index is 13.5. The summed E-state index contributed by atoms with van der Waals surface area (Å²) in [4.78, 5) is 13.9. The summed E-state index contributed by atoms with van der Waals surface area (Å²) >= 11 is 0. The molecule has 138 valence electrons. The number of hydrogen-bond acceptors (Lipinski definition) is 5. The number of ether oxygens (including phenoxy) is 1. The molecule has 7 nitrogen and oxygen atoms in total. The number of sulfonamides is 1. The lowest BCUT2D eigenvalue weighted by Crippen LogP contribution is -2.41. The Hall–Kier alpha value is -1.71. The van der Waals surface area contributed by atoms with Gasteiger partial charge in [0.05, 0.1) is 18.8 Å². The second kappa shape index (κ2) is 6.22. The van der Waals surface area contributed by atoms with E-state index in [9.17, 15) is 22.7 Å². The molecule has 0 aliphatic carbocycles. The Morgan fingerprint density at radius 2 is 2.12 bits per heavy atom. The maximum absolute atomic E-state index is 13.5. The molecular weight excluding hydrogens is 351 g/mol. The molecule has 1 aromatic rings. The van der Waals surface area contributed by atoms with Crippen molar-refractivity contribution in [2.24, 2.45) is 11.3 Å². The van der Waals surface area contributed by atoms with Crippen molar-refractivity contribution >= 4 is 16.0 Å². The van der Waals surface area contributed by atoms with Crippen LogP contribution in [0.25, 0.3) is 0 Å². The van der Waals surface area contributed by atoms with Gasteiger partial charge in [0.1, 0.15) is 0 Å². The Kier molecular flexibility index (Phi) is 4.50. The van der Waals surface area contributed by atoms with Crippen molar-refractivity contribution in [2.45, 2.75) is 6.54 Å². The Morgan fingerprint density at radius 3 is 2.68 bits per heavy atom. The molecular formula is C16H21FN2O5S. The minimum atomic E-state index is -3.41. The highest BCUT2D eigenvalue weighted by atomic mass is 32.2. The van der Waals surface area contributed by atoms with Crippen LogP contribution in [0.3, 0.4) is 0 Å². The molecule has 25 heavy (non-hydrogen) atoms. The van der Waals surface area contributed by atoms with Crippen molar-refractivity contribution in [3.63, 3.8) is 0 Å². The highest BCUT2D eigenvalue weighted by Gasteiger charge is 2.59. The molecule has 2 heterocycles. The van der Waals surface area contributed by atoms with E-state index in [0.29, 0.717) is 13.1 Å². The second-order valence-corrected chi connectivity index (χ2v) is 8.83. The smallest absolute Gasteiger partial charge is 0.312 e. The number of halogens is 1. The fraction of sp³-hybridized carbons (Fsp3) is 0.562. The van der Waals surface area contributed by atoms with Crippen LogP contribution in [0.4, 0.5) is 4.39 Å². The first-order valence-corrected chi connectivity index (χ1v) is 9.74. The number of carboxylic acid groups (broad SMARTS) is 1. The molecule has 0 spiro atoms. The van der Waals surface area contributed by atoms with Crippen molar-refractivity contribution in [2.75, 3.05) is 39.5 Å². The van der Waals surface area contributed by atoms with Crippen molar-refractivity contribution in [3.8, 4) is 5.75 Å². The number of carbonyl (C=O) groups is 1. The third kappa shape index (κ3) is 3.23. The Morgan fingerprint density at radius 1 is 1.40 bits per heavy atom. The summed E-state index contributed by atoms with van der Waals surface area (Å²) in [5.41, 5.74) is -0.272. The fourth-order valence-electron chi connectivity index (χ4n) is 3.86. The van der Waals surface area contributed by atoms with E-state index in [-0.39, 0.29) is 31.3 Å². The van der Waals surface area contributed by atoms with Gasteiger partial charge in [-0.25, -0.2) is 17.1 Å². The molecule has 1 aromatic carbocycles. The van der Waals surface area contributed by atoms with Gasteiger partial charge in [0.2, 0.25) is 10.0 Å². The van der Waals surface area contributed by atoms with E-state index in [2.05, 4.69) is 0 Å². The molecule has 0 unspecified atom stereocenters. The van der Waals surface area contributed by atoms with Gasteiger partial charge in [-0.15, -0.1) is 0 Å². The predicted octanol–water partition coefficient (Wildman–Crippen LogP) is 0.612. The van der Waals surface area contributed by atoms with Gasteiger partial charge >= 0.3 is 5.97 Å². The predicted molar refractivity (Wildman–Crippen MR) is 88.2 cm³/mol. The second-order valence-electron chi connectivity index (χ2n) is 6.85. The van der Waals surface area contributed by atoms with Gasteiger partial charge in [0.15, 0.2) is 11.6 Å². The molecule has 0 amide bonds. The molecule has 3 rings (SSSR count). The van der Waals surface area contributed by atoms with Crippen LogP contribution >= 0.6 is 0 Å². The third-order valence-electron chi connectivity index (χ3n) is 5.16. The summed E-state index contributed by atoms with van der Waals surface area (Å²) in [6, 6.07) is 4.56. The van der Waals surface area contributed by atoms with E-state index in [1.807, 2.05) is 4.90 Å². The summed E-state index contributed by atoms with van der Waals surface area (Å²) in [5.74, 6) is -1.53. The zero-order valence-corrected chi connectivity index (χ0v) is 14.9. The minimum absolute atomic E-state index is 0.00489. The quantitative estimate of drug-likeness (QED) is 0.815. The van der Waals surface area contributed by atoms with E-state index >= 15 is 0 Å². The normalized spacial score (nSPS) is 27.4. The molecule has 2 aliphatic rings. The zero-order chi connectivity index (χ0) is 18.4. The first-order chi connectivity index (χ1) is 11.7. The summed E-state index contributed by atoms with van der Waals surface area (Å²) < 4.78 is 43.3. The minimum Gasteiger partial charge on any atom is -0.494 e. The number of carboxylic acids is 1. The maximum Gasteiger partial charge on any atom is 0.312 e. The average Bonchev–Trinajstić information content (AvgIpc) is 3.03. The number of likely N-dealkylation sites (tertiary alicyclic amines) is 1. The molecule has 9 heteroatoms. The van der Waals surface area contributed by atoms with Crippen LogP contribution in [0.5, 0.6) is 5.75 Å². The number of aliphatic carboxylic acids is 1. The standard InChI is InChI=1S/C16H21FN2O5S/c1-24-14-5-11(3-4-13(14)17)6-18-7-12-8-19(25(2,22)23)10-16(12,9-18)15(20)21/h3-5,12H,6-10H2,1-2H3,(H,20,21)/t12-,16-/m1/s1. The van der Waals surface area contributed by atoms with Crippen molar-refractivity contribution in [1.29, 1.82) is 0 Å². The largest absolute Gasteiger partial charge is 0.494 e. The Labute approximate surface area is 146 Å². The molecule has 0 saturated carbocycles. The zero-order valence-electron chi connectivity index (χ0n) is 14.1. The lowest BCUT2D eigenvalue weighted by molar-refractivity contribution is -0.148. The van der Waals surface area contributed by atoms with E-state index in [4.69, 9.17) is 4.74 Å². The summed E-state index contributed by atoms with van der Waals surface area (Å²) in [6.07, 6.45) is 1.10. The van der Waals surface area contributed by atoms with Gasteiger partial charge in [-0.1, -0.05) is 6.07 Å². The summed E-state index contributed by atoms with van der Waals surface area (Å²) in [6.45, 7) is 1.42. The molecule has 0 aromatic heterocycles. The van der Waals surface area contributed by atoms with Crippen LogP contribution < -0.4 is 4.74 Å². The number of hydrogen-bond donors (Lipinski definition) is 1. The number of benzene rings is 1. The third-order valence-corrected chi connectivity index (χ3v) is 6.38. The van der Waals surface area contributed by atoms with E-state index in [0.717, 1.165) is 11.8 Å². The van der Waals surface area contributed by atoms with Gasteiger partial charge in [-0.3, -0.25) is 9.69 Å². The fourth-order valence-corrected chi connectivity index (χ4v) is 4.78. The van der Waals surface area contributed by atoms with Gasteiger partial charge in [0, 0.05) is 38.6 Å². The first kappa shape index (κ1) is 18.1. The monoisotopic (exact) mass is 372 g/mol. The van der Waals surface area contributed by atoms with Crippen LogP contribution in [0, 0.1) is 17.2 Å². The molecule has 1 N–H and O–H groups in total. The lowest BCUT2D eigenvalue weighted by atomic mass is 9.81. The van der Waals surface area contributed by atoms with Crippen LogP contribution in [-0.2, 0) is 21.4 Å². The number of rotatable bonds is 5. The highest BCUT2D eigenvalue weighted by molar-refractivity contribution is 7.88. The summed E-state index contributed by atoms with van der Waals surface area (Å²) in [7, 11) is -2.02. The van der Waals surface area contributed by atoms with E-state index in [1.165, 1.54) is 17.5 Å². The van der Waals surface area contributed by atoms with Crippen molar-refractivity contribution < 1.29 is 27.4 Å². The van der Waals surface area contributed by atoms with Crippen molar-refractivity contribution in [3.05, 3.63) is 29.6 Å². The molecule has 0 bridgehead atoms. The van der Waals surface area contributed by atoms with Crippen LogP contribution in [0.2, 0.25) is 0 Å². The van der Waals surface area contributed by atoms with Gasteiger partial charge in [-0.05, 0) is 17.7 Å².